The van der Waals surface area contributed by atoms with Gasteiger partial charge < -0.3 is 24.3 Å². The largest absolute Gasteiger partial charge is 0.497 e. The molecule has 0 aliphatic carbocycles. The van der Waals surface area contributed by atoms with Crippen LogP contribution in [0.5, 0.6) is 11.5 Å². The summed E-state index contributed by atoms with van der Waals surface area (Å²) in [5, 5.41) is 4.17. The summed E-state index contributed by atoms with van der Waals surface area (Å²) >= 11 is 5.83. The van der Waals surface area contributed by atoms with Gasteiger partial charge in [-0.25, -0.2) is 0 Å². The molecule has 0 saturated heterocycles. The number of benzene rings is 2. The molecule has 0 bridgehead atoms. The minimum absolute atomic E-state index is 0.0560. The van der Waals surface area contributed by atoms with Gasteiger partial charge in [0.25, 0.3) is 0 Å². The Bertz CT molecular complexity index is 987. The molecule has 0 radical (unpaired) electrons. The van der Waals surface area contributed by atoms with Gasteiger partial charge in [-0.15, -0.1) is 0 Å². The molecular formula is C23H25N3O2S. The predicted molar refractivity (Wildman–Crippen MR) is 118 cm³/mol. The third kappa shape index (κ3) is 3.93. The number of hydrogen-bond acceptors (Lipinski definition) is 3. The second kappa shape index (κ2) is 8.57. The van der Waals surface area contributed by atoms with Crippen molar-refractivity contribution in [2.75, 3.05) is 20.8 Å². The first-order valence-electron chi connectivity index (χ1n) is 9.66. The van der Waals surface area contributed by atoms with Crippen molar-refractivity contribution in [2.45, 2.75) is 19.1 Å². The number of ether oxygens (including phenoxy) is 2. The second-order valence-electron chi connectivity index (χ2n) is 6.97. The molecule has 2 heterocycles. The molecule has 1 aliphatic rings. The van der Waals surface area contributed by atoms with Crippen LogP contribution in [0, 0.1) is 0 Å². The molecule has 1 aromatic heterocycles. The smallest absolute Gasteiger partial charge is 0.170 e. The number of methoxy groups -OCH3 is 2. The fourth-order valence-electron chi connectivity index (χ4n) is 3.86. The maximum absolute atomic E-state index is 5.83. The average Bonchev–Trinajstić information content (AvgIpc) is 3.26. The molecule has 1 aliphatic heterocycles. The third-order valence-electron chi connectivity index (χ3n) is 5.32. The van der Waals surface area contributed by atoms with Crippen LogP contribution in [0.15, 0.2) is 66.9 Å². The molecule has 5 nitrogen and oxygen atoms in total. The Balaban J connectivity index is 1.67. The average molecular weight is 408 g/mol. The summed E-state index contributed by atoms with van der Waals surface area (Å²) < 4.78 is 13.5. The van der Waals surface area contributed by atoms with E-state index in [2.05, 4.69) is 45.2 Å². The molecule has 3 aromatic rings. The highest BCUT2D eigenvalue weighted by Gasteiger charge is 2.32. The monoisotopic (exact) mass is 407 g/mol. The maximum atomic E-state index is 5.83. The van der Waals surface area contributed by atoms with E-state index in [9.17, 15) is 0 Å². The Labute approximate surface area is 176 Å². The number of fused-ring (bicyclic) bond motifs is 1. The molecule has 1 atom stereocenters. The van der Waals surface area contributed by atoms with E-state index >= 15 is 0 Å². The zero-order valence-corrected chi connectivity index (χ0v) is 17.5. The fourth-order valence-corrected chi connectivity index (χ4v) is 4.13. The Morgan fingerprint density at radius 1 is 1.03 bits per heavy atom. The van der Waals surface area contributed by atoms with Crippen molar-refractivity contribution in [3.05, 3.63) is 83.7 Å². The Morgan fingerprint density at radius 2 is 1.86 bits per heavy atom. The van der Waals surface area contributed by atoms with Gasteiger partial charge in [0.1, 0.15) is 17.5 Å². The standard InChI is InChI=1S/C23H25N3O2S/c1-27-18-10-11-21(28-2)19(15-18)22-20-9-6-12-25(20)13-14-26(22)23(29)24-16-17-7-4-3-5-8-17/h3-12,15,22H,13-14,16H2,1-2H3,(H,24,29)/t22-/m0/s1. The molecule has 0 amide bonds. The van der Waals surface area contributed by atoms with Crippen LogP contribution in [-0.4, -0.2) is 35.3 Å². The molecule has 0 saturated carbocycles. The number of aromatic nitrogens is 1. The van der Waals surface area contributed by atoms with Crippen LogP contribution in [-0.2, 0) is 13.1 Å². The normalized spacial score (nSPS) is 15.5. The molecular weight excluding hydrogens is 382 g/mol. The van der Waals surface area contributed by atoms with E-state index in [1.165, 1.54) is 11.3 Å². The van der Waals surface area contributed by atoms with Gasteiger partial charge in [-0.05, 0) is 48.1 Å². The molecule has 0 fully saturated rings. The van der Waals surface area contributed by atoms with Crippen LogP contribution >= 0.6 is 12.2 Å². The van der Waals surface area contributed by atoms with Crippen molar-refractivity contribution in [2.24, 2.45) is 0 Å². The first-order chi connectivity index (χ1) is 14.2. The number of thiocarbonyl (C=S) groups is 1. The van der Waals surface area contributed by atoms with Crippen molar-refractivity contribution in [1.82, 2.24) is 14.8 Å². The van der Waals surface area contributed by atoms with E-state index in [-0.39, 0.29) is 6.04 Å². The first-order valence-corrected chi connectivity index (χ1v) is 10.1. The van der Waals surface area contributed by atoms with Crippen molar-refractivity contribution in [3.8, 4) is 11.5 Å². The topological polar surface area (TPSA) is 38.7 Å². The lowest BCUT2D eigenvalue weighted by Gasteiger charge is -2.39. The van der Waals surface area contributed by atoms with Gasteiger partial charge in [-0.3, -0.25) is 0 Å². The Kier molecular flexibility index (Phi) is 5.71. The molecule has 4 rings (SSSR count). The molecule has 1 N–H and O–H groups in total. The Morgan fingerprint density at radius 3 is 2.62 bits per heavy atom. The SMILES string of the molecule is COc1ccc(OC)c([C@H]2c3cccn3CCN2C(=S)NCc2ccccc2)c1. The highest BCUT2D eigenvalue weighted by molar-refractivity contribution is 7.80. The summed E-state index contributed by atoms with van der Waals surface area (Å²) in [7, 11) is 3.38. The summed E-state index contributed by atoms with van der Waals surface area (Å²) in [6.07, 6.45) is 2.12. The first kappa shape index (κ1) is 19.3. The minimum Gasteiger partial charge on any atom is -0.497 e. The molecule has 6 heteroatoms. The number of nitrogens with one attached hydrogen (secondary N) is 1. The van der Waals surface area contributed by atoms with Gasteiger partial charge >= 0.3 is 0 Å². The van der Waals surface area contributed by atoms with Gasteiger partial charge in [-0.2, -0.15) is 0 Å². The van der Waals surface area contributed by atoms with Gasteiger partial charge in [0.2, 0.25) is 0 Å². The van der Waals surface area contributed by atoms with Crippen LogP contribution in [0.3, 0.4) is 0 Å². The van der Waals surface area contributed by atoms with Gasteiger partial charge in [0.15, 0.2) is 5.11 Å². The van der Waals surface area contributed by atoms with Crippen LogP contribution < -0.4 is 14.8 Å². The highest BCUT2D eigenvalue weighted by Crippen LogP contribution is 2.39. The van der Waals surface area contributed by atoms with Crippen LogP contribution in [0.4, 0.5) is 0 Å². The summed E-state index contributed by atoms with van der Waals surface area (Å²) in [5.41, 5.74) is 3.42. The summed E-state index contributed by atoms with van der Waals surface area (Å²) in [6.45, 7) is 2.39. The lowest BCUT2D eigenvalue weighted by molar-refractivity contribution is 0.277. The Hall–Kier alpha value is -2.99. The quantitative estimate of drug-likeness (QED) is 0.648. The van der Waals surface area contributed by atoms with Gasteiger partial charge in [0.05, 0.1) is 14.2 Å². The van der Waals surface area contributed by atoms with Crippen molar-refractivity contribution in [3.63, 3.8) is 0 Å². The summed E-state index contributed by atoms with van der Waals surface area (Å²) in [5.74, 6) is 1.62. The van der Waals surface area contributed by atoms with Crippen LogP contribution in [0.2, 0.25) is 0 Å². The van der Waals surface area contributed by atoms with Crippen molar-refractivity contribution >= 4 is 17.3 Å². The van der Waals surface area contributed by atoms with Gasteiger partial charge in [-0.1, -0.05) is 30.3 Å². The van der Waals surface area contributed by atoms with Gasteiger partial charge in [0, 0.05) is 37.1 Å². The minimum atomic E-state index is -0.0560. The lowest BCUT2D eigenvalue weighted by atomic mass is 9.99. The lowest BCUT2D eigenvalue weighted by Crippen LogP contribution is -2.47. The number of rotatable bonds is 5. The molecule has 2 aromatic carbocycles. The maximum Gasteiger partial charge on any atom is 0.170 e. The molecule has 0 unspecified atom stereocenters. The van der Waals surface area contributed by atoms with Crippen molar-refractivity contribution in [1.29, 1.82) is 0 Å². The summed E-state index contributed by atoms with van der Waals surface area (Å²) in [4.78, 5) is 2.24. The van der Waals surface area contributed by atoms with E-state index in [4.69, 9.17) is 21.7 Å². The molecule has 29 heavy (non-hydrogen) atoms. The predicted octanol–water partition coefficient (Wildman–Crippen LogP) is 3.99. The molecule has 0 spiro atoms. The zero-order valence-electron chi connectivity index (χ0n) is 16.7. The van der Waals surface area contributed by atoms with E-state index in [1.54, 1.807) is 14.2 Å². The zero-order chi connectivity index (χ0) is 20.2. The molecule has 150 valence electrons. The van der Waals surface area contributed by atoms with Crippen molar-refractivity contribution < 1.29 is 9.47 Å². The fraction of sp³-hybridized carbons (Fsp3) is 0.261. The number of hydrogen-bond donors (Lipinski definition) is 1. The van der Waals surface area contributed by atoms with E-state index < -0.39 is 0 Å². The van der Waals surface area contributed by atoms with Crippen LogP contribution in [0.25, 0.3) is 0 Å². The third-order valence-corrected chi connectivity index (χ3v) is 5.70. The van der Waals surface area contributed by atoms with E-state index in [0.717, 1.165) is 35.3 Å². The van der Waals surface area contributed by atoms with E-state index in [1.807, 2.05) is 36.4 Å². The second-order valence-corrected chi connectivity index (χ2v) is 7.36. The van der Waals surface area contributed by atoms with Crippen LogP contribution in [0.1, 0.15) is 22.9 Å². The van der Waals surface area contributed by atoms with E-state index in [0.29, 0.717) is 6.54 Å². The highest BCUT2D eigenvalue weighted by atomic mass is 32.1. The number of nitrogens with zero attached hydrogens (tertiary/aromatic N) is 2. The summed E-state index contributed by atoms with van der Waals surface area (Å²) in [6, 6.07) is 20.4.